The lowest BCUT2D eigenvalue weighted by molar-refractivity contribution is -0.115. The molecule has 2 amide bonds. The molecule has 0 aliphatic heterocycles. The van der Waals surface area contributed by atoms with Gasteiger partial charge in [0.05, 0.1) is 14.1 Å². The molecule has 1 aromatic carbocycles. The summed E-state index contributed by atoms with van der Waals surface area (Å²) in [6, 6.07) is 9.51. The molecule has 0 bridgehead atoms. The van der Waals surface area contributed by atoms with E-state index in [1.807, 2.05) is 29.6 Å². The van der Waals surface area contributed by atoms with Crippen molar-refractivity contribution in [2.24, 2.45) is 5.92 Å². The number of hydrogen-bond donors (Lipinski definition) is 0. The van der Waals surface area contributed by atoms with Crippen molar-refractivity contribution in [1.29, 1.82) is 0 Å². The van der Waals surface area contributed by atoms with E-state index in [9.17, 15) is 9.59 Å². The molecule has 1 heterocycles. The smallest absolute Gasteiger partial charge is 0.266 e. The van der Waals surface area contributed by atoms with Crippen molar-refractivity contribution in [2.75, 3.05) is 4.90 Å². The van der Waals surface area contributed by atoms with E-state index in [0.29, 0.717) is 17.2 Å². The summed E-state index contributed by atoms with van der Waals surface area (Å²) in [4.78, 5) is 26.6. The number of para-hydroxylation sites is 1. The van der Waals surface area contributed by atoms with Crippen LogP contribution in [0.3, 0.4) is 0 Å². The normalized spacial score (nSPS) is 12.2. The third-order valence-electron chi connectivity index (χ3n) is 3.90. The zero-order valence-electron chi connectivity index (χ0n) is 14.4. The van der Waals surface area contributed by atoms with E-state index in [1.165, 1.54) is 23.2 Å². The molecular formula is C19H22INO2S. The fraction of sp³-hybridized carbons (Fsp3) is 0.368. The second-order valence-electron chi connectivity index (χ2n) is 6.36. The number of imide groups is 1. The van der Waals surface area contributed by atoms with E-state index in [0.717, 1.165) is 14.9 Å². The van der Waals surface area contributed by atoms with Crippen molar-refractivity contribution in [3.8, 4) is 0 Å². The zero-order chi connectivity index (χ0) is 17.9. The Hall–Kier alpha value is -1.21. The molecule has 1 aromatic heterocycles. The molecule has 0 aliphatic carbocycles. The van der Waals surface area contributed by atoms with E-state index in [2.05, 4.69) is 43.4 Å². The van der Waals surface area contributed by atoms with Crippen LogP contribution in [0.2, 0.25) is 0 Å². The minimum absolute atomic E-state index is 0.252. The highest BCUT2D eigenvalue weighted by Gasteiger charge is 2.27. The zero-order valence-corrected chi connectivity index (χ0v) is 17.3. The summed E-state index contributed by atoms with van der Waals surface area (Å²) < 4.78 is 0.900. The van der Waals surface area contributed by atoms with Gasteiger partial charge in [0.25, 0.3) is 5.91 Å². The number of carbonyl (C=O) groups is 2. The average Bonchev–Trinajstić information content (AvgIpc) is 2.93. The van der Waals surface area contributed by atoms with Crippen LogP contribution in [0.5, 0.6) is 0 Å². The Morgan fingerprint density at radius 2 is 1.83 bits per heavy atom. The molecule has 0 spiro atoms. The Labute approximate surface area is 161 Å². The molecule has 0 radical (unpaired) electrons. The van der Waals surface area contributed by atoms with Crippen molar-refractivity contribution >= 4 is 51.4 Å². The van der Waals surface area contributed by atoms with Gasteiger partial charge >= 0.3 is 0 Å². The first-order valence-corrected chi connectivity index (χ1v) is 9.95. The van der Waals surface area contributed by atoms with E-state index < -0.39 is 0 Å². The van der Waals surface area contributed by atoms with Gasteiger partial charge in [0, 0.05) is 6.92 Å². The molecule has 2 aromatic rings. The van der Waals surface area contributed by atoms with Crippen LogP contribution in [0, 0.1) is 8.80 Å². The molecule has 0 saturated carbocycles. The van der Waals surface area contributed by atoms with Crippen LogP contribution in [0.4, 0.5) is 5.69 Å². The van der Waals surface area contributed by atoms with Gasteiger partial charge in [-0.1, -0.05) is 39.0 Å². The Balaban J connectivity index is 2.48. The summed E-state index contributed by atoms with van der Waals surface area (Å²) in [6.45, 7) is 7.96. The highest BCUT2D eigenvalue weighted by atomic mass is 127. The second kappa shape index (κ2) is 8.25. The average molecular weight is 455 g/mol. The SMILES string of the molecule is CC(=O)N(C(=O)c1ccsc1I)c1ccccc1C(C)CC(C)C. The van der Waals surface area contributed by atoms with E-state index in [4.69, 9.17) is 0 Å². The Kier molecular flexibility index (Phi) is 6.57. The monoisotopic (exact) mass is 455 g/mol. The topological polar surface area (TPSA) is 37.4 Å². The molecule has 0 fully saturated rings. The molecule has 0 N–H and O–H groups in total. The molecule has 0 saturated heterocycles. The lowest BCUT2D eigenvalue weighted by Crippen LogP contribution is -2.36. The Bertz CT molecular complexity index is 738. The molecule has 5 heteroatoms. The van der Waals surface area contributed by atoms with Crippen molar-refractivity contribution in [3.05, 3.63) is 49.7 Å². The summed E-state index contributed by atoms with van der Waals surface area (Å²) in [5.74, 6) is 0.313. The van der Waals surface area contributed by atoms with Gasteiger partial charge < -0.3 is 0 Å². The number of carbonyl (C=O) groups excluding carboxylic acids is 2. The maximum atomic E-state index is 13.0. The van der Waals surface area contributed by atoms with Gasteiger partial charge in [0.1, 0.15) is 0 Å². The summed E-state index contributed by atoms with van der Waals surface area (Å²) in [5, 5.41) is 1.88. The third-order valence-corrected chi connectivity index (χ3v) is 5.94. The van der Waals surface area contributed by atoms with Crippen LogP contribution in [0.15, 0.2) is 35.7 Å². The molecule has 128 valence electrons. The number of nitrogens with zero attached hydrogens (tertiary/aromatic N) is 1. The standard InChI is InChI=1S/C19H22INO2S/c1-12(2)11-13(3)15-7-5-6-8-17(15)21(14(4)22)19(23)16-9-10-24-18(16)20/h5-10,12-13H,11H2,1-4H3. The van der Waals surface area contributed by atoms with Gasteiger partial charge in [0.2, 0.25) is 5.91 Å². The third kappa shape index (κ3) is 4.25. The molecular weight excluding hydrogens is 433 g/mol. The number of thiophene rings is 1. The number of benzene rings is 1. The molecule has 3 nitrogen and oxygen atoms in total. The summed E-state index contributed by atoms with van der Waals surface area (Å²) in [7, 11) is 0. The van der Waals surface area contributed by atoms with Crippen molar-refractivity contribution < 1.29 is 9.59 Å². The van der Waals surface area contributed by atoms with Gasteiger partial charge in [-0.05, 0) is 63.9 Å². The van der Waals surface area contributed by atoms with Crippen LogP contribution in [-0.2, 0) is 4.79 Å². The van der Waals surface area contributed by atoms with Gasteiger partial charge in [-0.3, -0.25) is 9.59 Å². The lowest BCUT2D eigenvalue weighted by atomic mass is 9.90. The Morgan fingerprint density at radius 3 is 2.38 bits per heavy atom. The van der Waals surface area contributed by atoms with E-state index >= 15 is 0 Å². The molecule has 24 heavy (non-hydrogen) atoms. The van der Waals surface area contributed by atoms with Gasteiger partial charge in [-0.15, -0.1) is 11.3 Å². The van der Waals surface area contributed by atoms with Crippen molar-refractivity contribution in [2.45, 2.75) is 40.0 Å². The fourth-order valence-electron chi connectivity index (χ4n) is 2.93. The quantitative estimate of drug-likeness (QED) is 0.543. The van der Waals surface area contributed by atoms with E-state index in [-0.39, 0.29) is 17.7 Å². The largest absolute Gasteiger partial charge is 0.274 e. The van der Waals surface area contributed by atoms with Crippen LogP contribution in [-0.4, -0.2) is 11.8 Å². The van der Waals surface area contributed by atoms with Crippen LogP contribution >= 0.6 is 33.9 Å². The van der Waals surface area contributed by atoms with Crippen LogP contribution in [0.1, 0.15) is 56.0 Å². The predicted molar refractivity (Wildman–Crippen MR) is 109 cm³/mol. The predicted octanol–water partition coefficient (Wildman–Crippen LogP) is 5.70. The number of rotatable bonds is 5. The number of amides is 2. The summed E-state index contributed by atoms with van der Waals surface area (Å²) >= 11 is 3.65. The van der Waals surface area contributed by atoms with Gasteiger partial charge in [0.15, 0.2) is 0 Å². The minimum Gasteiger partial charge on any atom is -0.274 e. The van der Waals surface area contributed by atoms with Gasteiger partial charge in [-0.2, -0.15) is 0 Å². The first-order valence-electron chi connectivity index (χ1n) is 7.99. The highest BCUT2D eigenvalue weighted by Crippen LogP contribution is 2.33. The van der Waals surface area contributed by atoms with Crippen LogP contribution < -0.4 is 4.90 Å². The minimum atomic E-state index is -0.258. The highest BCUT2D eigenvalue weighted by molar-refractivity contribution is 14.1. The molecule has 1 unspecified atom stereocenters. The molecule has 2 rings (SSSR count). The first-order chi connectivity index (χ1) is 11.3. The number of hydrogen-bond acceptors (Lipinski definition) is 3. The first kappa shape index (κ1) is 19.1. The number of anilines is 1. The Morgan fingerprint density at radius 1 is 1.17 bits per heavy atom. The molecule has 1 atom stereocenters. The van der Waals surface area contributed by atoms with Crippen LogP contribution in [0.25, 0.3) is 0 Å². The van der Waals surface area contributed by atoms with Crippen molar-refractivity contribution in [1.82, 2.24) is 0 Å². The van der Waals surface area contributed by atoms with Crippen molar-refractivity contribution in [3.63, 3.8) is 0 Å². The van der Waals surface area contributed by atoms with E-state index in [1.54, 1.807) is 6.07 Å². The summed E-state index contributed by atoms with van der Waals surface area (Å²) in [5.41, 5.74) is 2.33. The fourth-order valence-corrected chi connectivity index (χ4v) is 4.39. The lowest BCUT2D eigenvalue weighted by Gasteiger charge is -2.25. The second-order valence-corrected chi connectivity index (χ2v) is 9.08. The maximum absolute atomic E-state index is 13.0. The molecule has 0 aliphatic rings. The number of halogens is 1. The maximum Gasteiger partial charge on any atom is 0.266 e. The summed E-state index contributed by atoms with van der Waals surface area (Å²) in [6.07, 6.45) is 1.01. The van der Waals surface area contributed by atoms with Gasteiger partial charge in [-0.25, -0.2) is 4.90 Å².